The van der Waals surface area contributed by atoms with Crippen molar-refractivity contribution in [2.24, 2.45) is 5.92 Å². The second-order valence-corrected chi connectivity index (χ2v) is 14.4. The van der Waals surface area contributed by atoms with Crippen molar-refractivity contribution >= 4 is 11.9 Å². The topological polar surface area (TPSA) is 74.3 Å². The summed E-state index contributed by atoms with van der Waals surface area (Å²) in [7, 11) is 1.64. The molecule has 0 spiro atoms. The molecule has 278 valence electrons. The van der Waals surface area contributed by atoms with Crippen molar-refractivity contribution in [1.82, 2.24) is 4.90 Å². The Morgan fingerprint density at radius 1 is 0.827 bits per heavy atom. The van der Waals surface area contributed by atoms with Crippen LogP contribution in [0.25, 0.3) is 0 Å². The maximum atomic E-state index is 15.0. The molecule has 2 aliphatic rings. The molecule has 3 atom stereocenters. The minimum Gasteiger partial charge on any atom is -0.493 e. The Morgan fingerprint density at radius 2 is 1.58 bits per heavy atom. The molecule has 3 aromatic carbocycles. The highest BCUT2D eigenvalue weighted by Gasteiger charge is 2.41. The average Bonchev–Trinajstić information content (AvgIpc) is 3.16. The second-order valence-electron chi connectivity index (χ2n) is 14.4. The number of rotatable bonds is 16. The Kier molecular flexibility index (Phi) is 14.0. The van der Waals surface area contributed by atoms with Gasteiger partial charge in [-0.15, -0.1) is 0 Å². The molecule has 7 nitrogen and oxygen atoms in total. The molecule has 7 heteroatoms. The van der Waals surface area contributed by atoms with E-state index in [-0.39, 0.29) is 17.8 Å². The molecule has 5 rings (SSSR count). The Labute approximate surface area is 311 Å². The summed E-state index contributed by atoms with van der Waals surface area (Å²) < 4.78 is 24.1. The lowest BCUT2D eigenvalue weighted by molar-refractivity contribution is -0.163. The van der Waals surface area contributed by atoms with E-state index in [9.17, 15) is 9.59 Å². The SMILES string of the molecule is C=CCOc1cccc([C@@H](CCc2ccc(C)c(C)c2)OC(=O)[C@@H]2CCCCN2C(=O)[C@H](c2cc(C)c(OC)c(OCC=C)c2)C2CCCCC2)c1. The van der Waals surface area contributed by atoms with Crippen LogP contribution in [0.3, 0.4) is 0 Å². The number of likely N-dealkylation sites (tertiary alicyclic amines) is 1. The first kappa shape index (κ1) is 38.7. The van der Waals surface area contributed by atoms with Crippen molar-refractivity contribution in [2.75, 3.05) is 26.9 Å². The predicted octanol–water partition coefficient (Wildman–Crippen LogP) is 9.71. The van der Waals surface area contributed by atoms with Crippen LogP contribution in [0.1, 0.15) is 103 Å². The minimum atomic E-state index is -0.660. The summed E-state index contributed by atoms with van der Waals surface area (Å²) in [6.07, 6.45) is 11.8. The van der Waals surface area contributed by atoms with Crippen molar-refractivity contribution < 1.29 is 28.5 Å². The Morgan fingerprint density at radius 3 is 2.31 bits per heavy atom. The quantitative estimate of drug-likeness (QED) is 0.109. The molecule has 1 amide bonds. The van der Waals surface area contributed by atoms with Crippen LogP contribution in [0, 0.1) is 26.7 Å². The van der Waals surface area contributed by atoms with Crippen molar-refractivity contribution in [3.05, 3.63) is 113 Å². The van der Waals surface area contributed by atoms with Crippen LogP contribution < -0.4 is 14.2 Å². The summed E-state index contributed by atoms with van der Waals surface area (Å²) in [4.78, 5) is 31.2. The molecule has 0 radical (unpaired) electrons. The fourth-order valence-corrected chi connectivity index (χ4v) is 7.90. The number of methoxy groups -OCH3 is 1. The molecule has 52 heavy (non-hydrogen) atoms. The van der Waals surface area contributed by atoms with Crippen molar-refractivity contribution in [3.8, 4) is 17.2 Å². The molecule has 1 heterocycles. The molecule has 0 N–H and O–H groups in total. The first-order valence-electron chi connectivity index (χ1n) is 19.1. The largest absolute Gasteiger partial charge is 0.493 e. The van der Waals surface area contributed by atoms with E-state index >= 15 is 0 Å². The third-order valence-corrected chi connectivity index (χ3v) is 10.8. The van der Waals surface area contributed by atoms with E-state index in [1.54, 1.807) is 19.3 Å². The summed E-state index contributed by atoms with van der Waals surface area (Å²) in [5.41, 5.74) is 6.37. The Bertz CT molecular complexity index is 1690. The van der Waals surface area contributed by atoms with Crippen LogP contribution >= 0.6 is 0 Å². The monoisotopic (exact) mass is 707 g/mol. The van der Waals surface area contributed by atoms with Crippen LogP contribution in [-0.4, -0.2) is 49.7 Å². The zero-order valence-electron chi connectivity index (χ0n) is 31.7. The number of nitrogens with zero attached hydrogens (tertiary/aromatic N) is 1. The zero-order valence-corrected chi connectivity index (χ0v) is 31.7. The van der Waals surface area contributed by atoms with E-state index in [0.29, 0.717) is 49.8 Å². The molecular weight excluding hydrogens is 650 g/mol. The van der Waals surface area contributed by atoms with E-state index < -0.39 is 18.1 Å². The number of esters is 1. The highest BCUT2D eigenvalue weighted by atomic mass is 16.5. The minimum absolute atomic E-state index is 0.000657. The predicted molar refractivity (Wildman–Crippen MR) is 207 cm³/mol. The van der Waals surface area contributed by atoms with E-state index in [2.05, 4.69) is 51.3 Å². The van der Waals surface area contributed by atoms with E-state index in [1.807, 2.05) is 42.2 Å². The molecule has 2 fully saturated rings. The zero-order chi connectivity index (χ0) is 37.0. The van der Waals surface area contributed by atoms with Gasteiger partial charge in [-0.1, -0.05) is 81.0 Å². The highest BCUT2D eigenvalue weighted by molar-refractivity contribution is 5.89. The first-order chi connectivity index (χ1) is 25.2. The highest BCUT2D eigenvalue weighted by Crippen LogP contribution is 2.43. The Hall–Kier alpha value is -4.52. The molecule has 1 saturated carbocycles. The van der Waals surface area contributed by atoms with Crippen LogP contribution in [0.15, 0.2) is 79.9 Å². The number of carbonyl (C=O) groups is 2. The summed E-state index contributed by atoms with van der Waals surface area (Å²) >= 11 is 0. The number of aryl methyl sites for hydroxylation is 4. The number of hydrogen-bond acceptors (Lipinski definition) is 6. The summed E-state index contributed by atoms with van der Waals surface area (Å²) in [6, 6.07) is 17.6. The molecule has 1 saturated heterocycles. The lowest BCUT2D eigenvalue weighted by Gasteiger charge is -2.40. The lowest BCUT2D eigenvalue weighted by Crippen LogP contribution is -2.51. The summed E-state index contributed by atoms with van der Waals surface area (Å²) in [5, 5.41) is 0. The maximum Gasteiger partial charge on any atom is 0.329 e. The van der Waals surface area contributed by atoms with Gasteiger partial charge in [-0.3, -0.25) is 4.79 Å². The van der Waals surface area contributed by atoms with Crippen LogP contribution in [0.2, 0.25) is 0 Å². The van der Waals surface area contributed by atoms with E-state index in [0.717, 1.165) is 61.6 Å². The van der Waals surface area contributed by atoms with Crippen LogP contribution in [-0.2, 0) is 20.7 Å². The second kappa shape index (κ2) is 18.8. The first-order valence-corrected chi connectivity index (χ1v) is 19.1. The lowest BCUT2D eigenvalue weighted by atomic mass is 9.75. The van der Waals surface area contributed by atoms with Crippen molar-refractivity contribution in [3.63, 3.8) is 0 Å². The third kappa shape index (κ3) is 9.67. The normalized spacial score (nSPS) is 17.5. The van der Waals surface area contributed by atoms with Gasteiger partial charge < -0.3 is 23.8 Å². The number of hydrogen-bond donors (Lipinski definition) is 0. The number of carbonyl (C=O) groups excluding carboxylic acids is 2. The van der Waals surface area contributed by atoms with E-state index in [1.165, 1.54) is 23.1 Å². The molecule has 0 aromatic heterocycles. The molecule has 0 bridgehead atoms. The van der Waals surface area contributed by atoms with Crippen LogP contribution in [0.5, 0.6) is 17.2 Å². The summed E-state index contributed by atoms with van der Waals surface area (Å²) in [6.45, 7) is 15.0. The maximum absolute atomic E-state index is 15.0. The number of amides is 1. The standard InChI is InChI=1S/C45H57NO6/c1-7-25-50-38-18-14-17-36(29-38)40(23-22-34-21-20-31(3)32(4)27-34)52-45(48)39-19-12-13-24-46(39)44(47)42(35-15-10-9-11-16-35)37-28-33(5)43(49-6)41(30-37)51-26-8-2/h7-8,14,17-18,20-21,27-30,35,39-40,42H,1-2,9-13,15-16,19,22-26H2,3-6H3/t39-,40+,42-/m0/s1. The van der Waals surface area contributed by atoms with Gasteiger partial charge in [0.05, 0.1) is 13.0 Å². The number of benzene rings is 3. The number of piperidine rings is 1. The van der Waals surface area contributed by atoms with E-state index in [4.69, 9.17) is 18.9 Å². The van der Waals surface area contributed by atoms with Gasteiger partial charge in [-0.25, -0.2) is 4.79 Å². The van der Waals surface area contributed by atoms with Gasteiger partial charge in [0.15, 0.2) is 11.5 Å². The van der Waals surface area contributed by atoms with Gasteiger partial charge in [-0.2, -0.15) is 0 Å². The van der Waals surface area contributed by atoms with Gasteiger partial charge >= 0.3 is 5.97 Å². The van der Waals surface area contributed by atoms with Gasteiger partial charge in [0.1, 0.15) is 31.1 Å². The van der Waals surface area contributed by atoms with Crippen LogP contribution in [0.4, 0.5) is 0 Å². The molecule has 0 unspecified atom stereocenters. The van der Waals surface area contributed by atoms with Gasteiger partial charge in [-0.05, 0) is 123 Å². The molecular formula is C45H57NO6. The fourth-order valence-electron chi connectivity index (χ4n) is 7.90. The average molecular weight is 708 g/mol. The molecule has 1 aliphatic heterocycles. The van der Waals surface area contributed by atoms with Crippen molar-refractivity contribution in [2.45, 2.75) is 103 Å². The van der Waals surface area contributed by atoms with Gasteiger partial charge in [0.2, 0.25) is 5.91 Å². The van der Waals surface area contributed by atoms with Gasteiger partial charge in [0, 0.05) is 6.54 Å². The smallest absolute Gasteiger partial charge is 0.329 e. The molecule has 1 aliphatic carbocycles. The van der Waals surface area contributed by atoms with Crippen molar-refractivity contribution in [1.29, 1.82) is 0 Å². The third-order valence-electron chi connectivity index (χ3n) is 10.8. The van der Waals surface area contributed by atoms with Gasteiger partial charge in [0.25, 0.3) is 0 Å². The number of ether oxygens (including phenoxy) is 4. The molecule has 3 aromatic rings. The Balaban J connectivity index is 1.44. The summed E-state index contributed by atoms with van der Waals surface area (Å²) in [5.74, 6) is 1.38. The fraction of sp³-hybridized carbons (Fsp3) is 0.467.